The number of hydrogen-bond acceptors (Lipinski definition) is 2. The van der Waals surface area contributed by atoms with Gasteiger partial charge in [0.1, 0.15) is 0 Å². The van der Waals surface area contributed by atoms with Crippen molar-refractivity contribution >= 4 is 5.69 Å². The molecule has 1 N–H and O–H groups in total. The Morgan fingerprint density at radius 3 is 2.81 bits per heavy atom. The molecule has 16 heavy (non-hydrogen) atoms. The molecule has 0 heterocycles. The average Bonchev–Trinajstić information content (AvgIpc) is 3.12. The first-order valence-electron chi connectivity index (χ1n) is 6.02. The summed E-state index contributed by atoms with van der Waals surface area (Å²) in [5.41, 5.74) is 3.08. The molecule has 1 aliphatic rings. The van der Waals surface area contributed by atoms with Gasteiger partial charge in [0, 0.05) is 11.7 Å². The van der Waals surface area contributed by atoms with E-state index in [-0.39, 0.29) is 0 Å². The molecular weight excluding hydrogens is 196 g/mol. The zero-order valence-electron chi connectivity index (χ0n) is 9.96. The molecule has 0 aromatic heterocycles. The summed E-state index contributed by atoms with van der Waals surface area (Å²) in [6.07, 6.45) is 3.85. The normalized spacial score (nSPS) is 16.6. The predicted octanol–water partition coefficient (Wildman–Crippen LogP) is 3.47. The molecule has 0 amide bonds. The van der Waals surface area contributed by atoms with Crippen LogP contribution in [0.25, 0.3) is 0 Å². The van der Waals surface area contributed by atoms with Gasteiger partial charge in [-0.3, -0.25) is 0 Å². The molecule has 1 fully saturated rings. The highest BCUT2D eigenvalue weighted by atomic mass is 14.9. The third kappa shape index (κ3) is 2.36. The van der Waals surface area contributed by atoms with Crippen LogP contribution in [0.3, 0.4) is 0 Å². The van der Waals surface area contributed by atoms with Crippen molar-refractivity contribution in [3.8, 4) is 6.07 Å². The van der Waals surface area contributed by atoms with Gasteiger partial charge < -0.3 is 5.32 Å². The summed E-state index contributed by atoms with van der Waals surface area (Å²) in [5.74, 6) is 0.843. The minimum atomic E-state index is 0.577. The van der Waals surface area contributed by atoms with Crippen molar-refractivity contribution in [1.82, 2.24) is 0 Å². The van der Waals surface area contributed by atoms with Crippen LogP contribution < -0.4 is 5.32 Å². The quantitative estimate of drug-likeness (QED) is 0.833. The molecule has 1 aliphatic carbocycles. The Morgan fingerprint density at radius 2 is 2.25 bits per heavy atom. The largest absolute Gasteiger partial charge is 0.382 e. The van der Waals surface area contributed by atoms with E-state index in [4.69, 9.17) is 5.26 Å². The summed E-state index contributed by atoms with van der Waals surface area (Å²) < 4.78 is 0. The molecule has 2 nitrogen and oxygen atoms in total. The van der Waals surface area contributed by atoms with Crippen molar-refractivity contribution in [2.75, 3.05) is 5.32 Å². The van der Waals surface area contributed by atoms with Gasteiger partial charge in [-0.1, -0.05) is 13.0 Å². The number of nitrogens with one attached hydrogen (secondary N) is 1. The van der Waals surface area contributed by atoms with Gasteiger partial charge in [0.15, 0.2) is 0 Å². The Morgan fingerprint density at radius 1 is 1.50 bits per heavy atom. The number of nitrogens with zero attached hydrogens (tertiary/aromatic N) is 1. The predicted molar refractivity (Wildman–Crippen MR) is 66.3 cm³/mol. The Kier molecular flexibility index (Phi) is 3.14. The van der Waals surface area contributed by atoms with E-state index in [0.29, 0.717) is 6.04 Å². The van der Waals surface area contributed by atoms with Crippen LogP contribution in [0.15, 0.2) is 18.2 Å². The third-order valence-electron chi connectivity index (χ3n) is 3.34. The lowest BCUT2D eigenvalue weighted by Crippen LogP contribution is -2.21. The molecular formula is C14H18N2. The van der Waals surface area contributed by atoms with Crippen LogP contribution in [0.4, 0.5) is 5.69 Å². The summed E-state index contributed by atoms with van der Waals surface area (Å²) in [5, 5.41) is 12.5. The highest BCUT2D eigenvalue weighted by molar-refractivity contribution is 5.55. The van der Waals surface area contributed by atoms with Crippen LogP contribution in [0, 0.1) is 24.2 Å². The highest BCUT2D eigenvalue weighted by Crippen LogP contribution is 2.36. The Hall–Kier alpha value is -1.49. The first-order valence-corrected chi connectivity index (χ1v) is 6.02. The van der Waals surface area contributed by atoms with Gasteiger partial charge in [0.25, 0.3) is 0 Å². The zero-order valence-corrected chi connectivity index (χ0v) is 9.96. The lowest BCUT2D eigenvalue weighted by Gasteiger charge is -2.19. The molecule has 2 rings (SSSR count). The number of rotatable bonds is 4. The molecule has 0 radical (unpaired) electrons. The standard InChI is InChI=1S/C14H18N2/c1-3-13(12-6-7-12)16-14-8-11(9-15)5-4-10(14)2/h4-5,8,12-13,16H,3,6-7H2,1-2H3. The van der Waals surface area contributed by atoms with Crippen LogP contribution >= 0.6 is 0 Å². The van der Waals surface area contributed by atoms with Gasteiger partial charge in [-0.25, -0.2) is 0 Å². The minimum absolute atomic E-state index is 0.577. The number of anilines is 1. The van der Waals surface area contributed by atoms with Gasteiger partial charge in [-0.05, 0) is 49.8 Å². The molecule has 84 valence electrons. The van der Waals surface area contributed by atoms with Crippen LogP contribution in [-0.2, 0) is 0 Å². The van der Waals surface area contributed by atoms with Crippen molar-refractivity contribution < 1.29 is 0 Å². The fourth-order valence-electron chi connectivity index (χ4n) is 2.10. The SMILES string of the molecule is CCC(Nc1cc(C#N)ccc1C)C1CC1. The first kappa shape index (κ1) is 11.0. The monoisotopic (exact) mass is 214 g/mol. The van der Waals surface area contributed by atoms with Gasteiger partial charge in [-0.2, -0.15) is 5.26 Å². The topological polar surface area (TPSA) is 35.8 Å². The number of nitriles is 1. The molecule has 1 atom stereocenters. The van der Waals surface area contributed by atoms with Crippen LogP contribution in [0.2, 0.25) is 0 Å². The van der Waals surface area contributed by atoms with Crippen molar-refractivity contribution in [3.05, 3.63) is 29.3 Å². The fourth-order valence-corrected chi connectivity index (χ4v) is 2.10. The maximum Gasteiger partial charge on any atom is 0.0992 e. The number of hydrogen-bond donors (Lipinski definition) is 1. The van der Waals surface area contributed by atoms with E-state index in [1.807, 2.05) is 18.2 Å². The van der Waals surface area contributed by atoms with Crippen molar-refractivity contribution in [2.24, 2.45) is 5.92 Å². The molecule has 2 heteroatoms. The Balaban J connectivity index is 2.15. The summed E-state index contributed by atoms with van der Waals surface area (Å²) >= 11 is 0. The van der Waals surface area contributed by atoms with Gasteiger partial charge >= 0.3 is 0 Å². The summed E-state index contributed by atoms with van der Waals surface area (Å²) in [6, 6.07) is 8.61. The minimum Gasteiger partial charge on any atom is -0.382 e. The van der Waals surface area contributed by atoms with Crippen molar-refractivity contribution in [1.29, 1.82) is 5.26 Å². The molecule has 1 saturated carbocycles. The molecule has 0 aliphatic heterocycles. The van der Waals surface area contributed by atoms with Crippen LogP contribution in [0.1, 0.15) is 37.3 Å². The summed E-state index contributed by atoms with van der Waals surface area (Å²) in [4.78, 5) is 0. The van der Waals surface area contributed by atoms with Gasteiger partial charge in [-0.15, -0.1) is 0 Å². The van der Waals surface area contributed by atoms with Crippen molar-refractivity contribution in [3.63, 3.8) is 0 Å². The van der Waals surface area contributed by atoms with E-state index in [1.165, 1.54) is 18.4 Å². The molecule has 1 aromatic carbocycles. The Bertz CT molecular complexity index is 413. The van der Waals surface area contributed by atoms with E-state index < -0.39 is 0 Å². The van der Waals surface area contributed by atoms with E-state index >= 15 is 0 Å². The second-order valence-corrected chi connectivity index (χ2v) is 4.64. The molecule has 0 spiro atoms. The number of benzene rings is 1. The lowest BCUT2D eigenvalue weighted by molar-refractivity contribution is 0.616. The highest BCUT2D eigenvalue weighted by Gasteiger charge is 2.29. The maximum atomic E-state index is 8.89. The zero-order chi connectivity index (χ0) is 11.5. The fraction of sp³-hybridized carbons (Fsp3) is 0.500. The van der Waals surface area contributed by atoms with E-state index in [0.717, 1.165) is 23.6 Å². The van der Waals surface area contributed by atoms with E-state index in [2.05, 4.69) is 25.2 Å². The smallest absolute Gasteiger partial charge is 0.0992 e. The van der Waals surface area contributed by atoms with Crippen molar-refractivity contribution in [2.45, 2.75) is 39.2 Å². The van der Waals surface area contributed by atoms with E-state index in [1.54, 1.807) is 0 Å². The van der Waals surface area contributed by atoms with Gasteiger partial charge in [0.05, 0.1) is 11.6 Å². The first-order chi connectivity index (χ1) is 7.74. The number of aryl methyl sites for hydroxylation is 1. The molecule has 1 aromatic rings. The van der Waals surface area contributed by atoms with E-state index in [9.17, 15) is 0 Å². The average molecular weight is 214 g/mol. The maximum absolute atomic E-state index is 8.89. The molecule has 0 bridgehead atoms. The molecule has 1 unspecified atom stereocenters. The second-order valence-electron chi connectivity index (χ2n) is 4.64. The second kappa shape index (κ2) is 4.57. The van der Waals surface area contributed by atoms with Crippen LogP contribution in [-0.4, -0.2) is 6.04 Å². The third-order valence-corrected chi connectivity index (χ3v) is 3.34. The molecule has 0 saturated heterocycles. The Labute approximate surface area is 97.3 Å². The van der Waals surface area contributed by atoms with Crippen LogP contribution in [0.5, 0.6) is 0 Å². The van der Waals surface area contributed by atoms with Gasteiger partial charge in [0.2, 0.25) is 0 Å². The lowest BCUT2D eigenvalue weighted by atomic mass is 10.1. The summed E-state index contributed by atoms with van der Waals surface area (Å²) in [7, 11) is 0. The summed E-state index contributed by atoms with van der Waals surface area (Å²) in [6.45, 7) is 4.31.